The second-order valence-corrected chi connectivity index (χ2v) is 5.17. The van der Waals surface area contributed by atoms with Crippen molar-refractivity contribution in [3.63, 3.8) is 0 Å². The van der Waals surface area contributed by atoms with Gasteiger partial charge in [-0.15, -0.1) is 6.42 Å². The average molecular weight is 281 g/mol. The van der Waals surface area contributed by atoms with Crippen LogP contribution in [-0.4, -0.2) is 65.7 Å². The van der Waals surface area contributed by atoms with Gasteiger partial charge in [0.25, 0.3) is 0 Å². The minimum absolute atomic E-state index is 0.00539. The van der Waals surface area contributed by atoms with Crippen LogP contribution in [0.3, 0.4) is 0 Å². The van der Waals surface area contributed by atoms with Crippen LogP contribution in [-0.2, 0) is 4.79 Å². The Balaban J connectivity index is 2.41. The molecule has 1 rings (SSSR count). The molecule has 2 N–H and O–H groups in total. The summed E-state index contributed by atoms with van der Waals surface area (Å²) >= 11 is 0. The number of urea groups is 1. The minimum Gasteiger partial charge on any atom is -0.480 e. The van der Waals surface area contributed by atoms with Gasteiger partial charge in [0.15, 0.2) is 0 Å². The Labute approximate surface area is 120 Å². The van der Waals surface area contributed by atoms with Gasteiger partial charge in [-0.3, -0.25) is 4.79 Å². The fourth-order valence-electron chi connectivity index (χ4n) is 2.35. The van der Waals surface area contributed by atoms with Crippen LogP contribution >= 0.6 is 0 Å². The van der Waals surface area contributed by atoms with Gasteiger partial charge in [-0.2, -0.15) is 0 Å². The zero-order chi connectivity index (χ0) is 15.0. The predicted octanol–water partition coefficient (Wildman–Crippen LogP) is 0.590. The third kappa shape index (κ3) is 5.93. The zero-order valence-corrected chi connectivity index (χ0v) is 12.0. The first-order chi connectivity index (χ1) is 9.52. The first-order valence-electron chi connectivity index (χ1n) is 6.96. The highest BCUT2D eigenvalue weighted by Crippen LogP contribution is 2.08. The maximum absolute atomic E-state index is 12.0. The van der Waals surface area contributed by atoms with Crippen molar-refractivity contribution < 1.29 is 14.7 Å². The van der Waals surface area contributed by atoms with Crippen molar-refractivity contribution in [2.24, 2.45) is 0 Å². The topological polar surface area (TPSA) is 72.9 Å². The Morgan fingerprint density at radius 1 is 1.40 bits per heavy atom. The SMILES string of the molecule is C#CCN(CC(=O)O)C(=O)NC(C)CN1CCCCC1. The van der Waals surface area contributed by atoms with Crippen LogP contribution < -0.4 is 5.32 Å². The van der Waals surface area contributed by atoms with E-state index < -0.39 is 12.0 Å². The van der Waals surface area contributed by atoms with Crippen LogP contribution in [0.15, 0.2) is 0 Å². The number of amides is 2. The van der Waals surface area contributed by atoms with Crippen molar-refractivity contribution in [3.8, 4) is 12.3 Å². The number of hydrogen-bond acceptors (Lipinski definition) is 3. The fraction of sp³-hybridized carbons (Fsp3) is 0.714. The number of carbonyl (C=O) groups is 2. The molecular weight excluding hydrogens is 258 g/mol. The van der Waals surface area contributed by atoms with E-state index >= 15 is 0 Å². The van der Waals surface area contributed by atoms with Crippen LogP contribution in [0.5, 0.6) is 0 Å². The molecule has 6 heteroatoms. The molecule has 20 heavy (non-hydrogen) atoms. The Morgan fingerprint density at radius 2 is 2.05 bits per heavy atom. The Bertz CT molecular complexity index is 372. The first-order valence-corrected chi connectivity index (χ1v) is 6.96. The highest BCUT2D eigenvalue weighted by Gasteiger charge is 2.19. The van der Waals surface area contributed by atoms with Gasteiger partial charge in [-0.1, -0.05) is 12.3 Å². The molecule has 1 unspecified atom stereocenters. The summed E-state index contributed by atoms with van der Waals surface area (Å²) in [6.07, 6.45) is 8.81. The van der Waals surface area contributed by atoms with E-state index in [1.165, 1.54) is 19.3 Å². The molecule has 1 atom stereocenters. The summed E-state index contributed by atoms with van der Waals surface area (Å²) in [5.74, 6) is 1.23. The number of terminal acetylenes is 1. The lowest BCUT2D eigenvalue weighted by atomic mass is 10.1. The lowest BCUT2D eigenvalue weighted by molar-refractivity contribution is -0.137. The van der Waals surface area contributed by atoms with Crippen molar-refractivity contribution in [1.29, 1.82) is 0 Å². The summed E-state index contributed by atoms with van der Waals surface area (Å²) in [4.78, 5) is 26.1. The fourth-order valence-corrected chi connectivity index (χ4v) is 2.35. The van der Waals surface area contributed by atoms with Crippen LogP contribution in [0.4, 0.5) is 4.79 Å². The molecule has 0 spiro atoms. The molecule has 0 saturated carbocycles. The van der Waals surface area contributed by atoms with Gasteiger partial charge < -0.3 is 20.2 Å². The van der Waals surface area contributed by atoms with E-state index in [0.717, 1.165) is 24.5 Å². The summed E-state index contributed by atoms with van der Waals surface area (Å²) in [5, 5.41) is 11.6. The minimum atomic E-state index is -1.07. The number of rotatable bonds is 6. The van der Waals surface area contributed by atoms with Crippen LogP contribution in [0.1, 0.15) is 26.2 Å². The number of nitrogens with zero attached hydrogens (tertiary/aromatic N) is 2. The molecule has 0 aromatic rings. The molecule has 0 radical (unpaired) electrons. The largest absolute Gasteiger partial charge is 0.480 e. The lowest BCUT2D eigenvalue weighted by Crippen LogP contribution is -2.49. The molecule has 2 amide bonds. The summed E-state index contributed by atoms with van der Waals surface area (Å²) in [5.41, 5.74) is 0. The number of aliphatic carboxylic acids is 1. The van der Waals surface area contributed by atoms with E-state index in [1.807, 2.05) is 6.92 Å². The quantitative estimate of drug-likeness (QED) is 0.699. The predicted molar refractivity (Wildman–Crippen MR) is 76.3 cm³/mol. The molecule has 0 aliphatic carbocycles. The molecule has 1 aliphatic rings. The molecule has 1 saturated heterocycles. The smallest absolute Gasteiger partial charge is 0.323 e. The molecule has 0 bridgehead atoms. The van der Waals surface area contributed by atoms with Crippen LogP contribution in [0.25, 0.3) is 0 Å². The summed E-state index contributed by atoms with van der Waals surface area (Å²) in [6, 6.07) is -0.454. The Kier molecular flexibility index (Phi) is 6.88. The van der Waals surface area contributed by atoms with Gasteiger partial charge in [-0.05, 0) is 32.9 Å². The highest BCUT2D eigenvalue weighted by molar-refractivity contribution is 5.80. The normalized spacial score (nSPS) is 17.0. The average Bonchev–Trinajstić information content (AvgIpc) is 2.38. The van der Waals surface area contributed by atoms with Gasteiger partial charge in [0.05, 0.1) is 6.54 Å². The van der Waals surface area contributed by atoms with Gasteiger partial charge >= 0.3 is 12.0 Å². The first kappa shape index (κ1) is 16.3. The van der Waals surface area contributed by atoms with E-state index in [9.17, 15) is 9.59 Å². The summed E-state index contributed by atoms with van der Waals surface area (Å²) in [6.45, 7) is 4.43. The third-order valence-corrected chi connectivity index (χ3v) is 3.25. The van der Waals surface area contributed by atoms with Gasteiger partial charge in [0.2, 0.25) is 0 Å². The van der Waals surface area contributed by atoms with E-state index in [2.05, 4.69) is 16.1 Å². The highest BCUT2D eigenvalue weighted by atomic mass is 16.4. The van der Waals surface area contributed by atoms with Gasteiger partial charge in [0, 0.05) is 12.6 Å². The molecule has 6 nitrogen and oxygen atoms in total. The number of nitrogens with one attached hydrogen (secondary N) is 1. The second kappa shape index (κ2) is 8.43. The second-order valence-electron chi connectivity index (χ2n) is 5.17. The summed E-state index contributed by atoms with van der Waals surface area (Å²) in [7, 11) is 0. The molecule has 112 valence electrons. The third-order valence-electron chi connectivity index (χ3n) is 3.25. The lowest BCUT2D eigenvalue weighted by Gasteiger charge is -2.30. The van der Waals surface area contributed by atoms with Crippen LogP contribution in [0.2, 0.25) is 0 Å². The van der Waals surface area contributed by atoms with Crippen LogP contribution in [0, 0.1) is 12.3 Å². The maximum Gasteiger partial charge on any atom is 0.323 e. The van der Waals surface area contributed by atoms with Crippen molar-refractivity contribution in [2.75, 3.05) is 32.7 Å². The monoisotopic (exact) mass is 281 g/mol. The molecule has 1 heterocycles. The molecular formula is C14H23N3O3. The van der Waals surface area contributed by atoms with Crippen molar-refractivity contribution in [1.82, 2.24) is 15.1 Å². The molecule has 1 aliphatic heterocycles. The van der Waals surface area contributed by atoms with Crippen molar-refractivity contribution in [3.05, 3.63) is 0 Å². The molecule has 1 fully saturated rings. The number of carboxylic acid groups (broad SMARTS) is 1. The number of piperidine rings is 1. The van der Waals surface area contributed by atoms with E-state index in [1.54, 1.807) is 0 Å². The number of carbonyl (C=O) groups excluding carboxylic acids is 1. The molecule has 0 aromatic heterocycles. The van der Waals surface area contributed by atoms with E-state index in [4.69, 9.17) is 11.5 Å². The van der Waals surface area contributed by atoms with Gasteiger partial charge in [0.1, 0.15) is 6.54 Å². The van der Waals surface area contributed by atoms with E-state index in [0.29, 0.717) is 0 Å². The molecule has 0 aromatic carbocycles. The maximum atomic E-state index is 12.0. The number of hydrogen-bond donors (Lipinski definition) is 2. The Hall–Kier alpha value is -1.74. The standard InChI is InChI=1S/C14H23N3O3/c1-3-7-17(11-13(18)19)14(20)15-12(2)10-16-8-5-4-6-9-16/h1,12H,4-11H2,2H3,(H,15,20)(H,18,19). The zero-order valence-electron chi connectivity index (χ0n) is 12.0. The van der Waals surface area contributed by atoms with Gasteiger partial charge in [-0.25, -0.2) is 4.79 Å². The Morgan fingerprint density at radius 3 is 2.60 bits per heavy atom. The number of likely N-dealkylation sites (tertiary alicyclic amines) is 1. The van der Waals surface area contributed by atoms with E-state index in [-0.39, 0.29) is 19.1 Å². The van der Waals surface area contributed by atoms with Crippen molar-refractivity contribution >= 4 is 12.0 Å². The van der Waals surface area contributed by atoms with Crippen molar-refractivity contribution in [2.45, 2.75) is 32.2 Å². The summed E-state index contributed by atoms with van der Waals surface area (Å²) < 4.78 is 0. The number of carboxylic acids is 1.